The van der Waals surface area contributed by atoms with Crippen LogP contribution in [-0.4, -0.2) is 55.1 Å². The molecular weight excluding hydrogens is 458 g/mol. The molecule has 0 spiro atoms. The largest absolute Gasteiger partial charge is 0.494 e. The molecule has 3 rings (SSSR count). The average molecular weight is 500 g/mol. The number of ether oxygens (including phenoxy) is 3. The lowest BCUT2D eigenvalue weighted by molar-refractivity contribution is -0.145. The van der Waals surface area contributed by atoms with Gasteiger partial charge in [-0.15, -0.1) is 11.8 Å². The minimum atomic E-state index is -0.739. The number of rotatable bonds is 14. The normalized spacial score (nSPS) is 15.9. The highest BCUT2D eigenvalue weighted by Crippen LogP contribution is 2.37. The molecule has 0 aromatic heterocycles. The predicted molar refractivity (Wildman–Crippen MR) is 144 cm³/mol. The first-order valence-corrected chi connectivity index (χ1v) is 13.9. The predicted octanol–water partition coefficient (Wildman–Crippen LogP) is 6.39. The maximum atomic E-state index is 13.0. The summed E-state index contributed by atoms with van der Waals surface area (Å²) in [6, 6.07) is 16.1. The van der Waals surface area contributed by atoms with E-state index < -0.39 is 4.75 Å². The molecule has 0 aliphatic carbocycles. The van der Waals surface area contributed by atoms with Crippen LogP contribution in [0.2, 0.25) is 0 Å². The third-order valence-corrected chi connectivity index (χ3v) is 7.50. The van der Waals surface area contributed by atoms with Crippen LogP contribution < -0.4 is 9.47 Å². The van der Waals surface area contributed by atoms with Gasteiger partial charge in [-0.1, -0.05) is 31.9 Å². The zero-order chi connectivity index (χ0) is 24.9. The zero-order valence-corrected chi connectivity index (χ0v) is 22.4. The van der Waals surface area contributed by atoms with E-state index in [0.29, 0.717) is 19.6 Å². The van der Waals surface area contributed by atoms with Crippen LogP contribution in [0.3, 0.4) is 0 Å². The number of piperidine rings is 1. The maximum absolute atomic E-state index is 13.0. The summed E-state index contributed by atoms with van der Waals surface area (Å²) in [6.07, 6.45) is 6.66. The fraction of sp³-hybridized carbons (Fsp3) is 0.552. The molecule has 6 heteroatoms. The first-order valence-electron chi connectivity index (χ1n) is 13.1. The number of hydrogen-bond acceptors (Lipinski definition) is 6. The van der Waals surface area contributed by atoms with Crippen LogP contribution >= 0.6 is 11.8 Å². The van der Waals surface area contributed by atoms with Crippen molar-refractivity contribution >= 4 is 17.7 Å². The maximum Gasteiger partial charge on any atom is 0.322 e. The lowest BCUT2D eigenvalue weighted by Crippen LogP contribution is -2.36. The summed E-state index contributed by atoms with van der Waals surface area (Å²) in [5.74, 6) is 1.53. The van der Waals surface area contributed by atoms with Crippen molar-refractivity contribution in [3.63, 3.8) is 0 Å². The van der Waals surface area contributed by atoms with Crippen molar-refractivity contribution in [1.82, 2.24) is 4.90 Å². The molecule has 1 aliphatic rings. The van der Waals surface area contributed by atoms with Crippen molar-refractivity contribution < 1.29 is 19.0 Å². The van der Waals surface area contributed by atoms with Crippen molar-refractivity contribution in [3.05, 3.63) is 54.1 Å². The van der Waals surface area contributed by atoms with Crippen molar-refractivity contribution in [3.8, 4) is 11.5 Å². The standard InChI is InChI=1S/C29H41NO4S/c1-4-6-21-33-26-14-16-27(17-15-26)35-29(3,28(31)32-5-2)23-24-10-12-25(13-11-24)34-22-20-30-18-8-7-9-19-30/h10-17H,4-9,18-23H2,1-3H3. The molecule has 2 aromatic carbocycles. The lowest BCUT2D eigenvalue weighted by atomic mass is 10.00. The van der Waals surface area contributed by atoms with E-state index in [0.717, 1.165) is 48.0 Å². The molecule has 0 N–H and O–H groups in total. The van der Waals surface area contributed by atoms with Gasteiger partial charge in [-0.05, 0) is 94.6 Å². The number of thioether (sulfide) groups is 1. The molecule has 0 radical (unpaired) electrons. The van der Waals surface area contributed by atoms with Gasteiger partial charge in [0.25, 0.3) is 0 Å². The molecule has 1 aliphatic heterocycles. The van der Waals surface area contributed by atoms with Crippen LogP contribution in [0.4, 0.5) is 0 Å². The number of nitrogens with zero attached hydrogens (tertiary/aromatic N) is 1. The zero-order valence-electron chi connectivity index (χ0n) is 21.6. The summed E-state index contributed by atoms with van der Waals surface area (Å²) in [6.45, 7) is 11.1. The monoisotopic (exact) mass is 499 g/mol. The van der Waals surface area contributed by atoms with Crippen LogP contribution in [-0.2, 0) is 16.0 Å². The molecule has 1 saturated heterocycles. The highest BCUT2D eigenvalue weighted by Gasteiger charge is 2.36. The summed E-state index contributed by atoms with van der Waals surface area (Å²) in [7, 11) is 0. The van der Waals surface area contributed by atoms with E-state index in [1.165, 1.54) is 44.1 Å². The van der Waals surface area contributed by atoms with E-state index in [2.05, 4.69) is 24.0 Å². The number of unbranched alkanes of at least 4 members (excludes halogenated alkanes) is 1. The number of esters is 1. The van der Waals surface area contributed by atoms with Crippen LogP contribution in [0.5, 0.6) is 11.5 Å². The molecular formula is C29H41NO4S. The molecule has 1 fully saturated rings. The number of hydrogen-bond donors (Lipinski definition) is 0. The smallest absolute Gasteiger partial charge is 0.322 e. The Morgan fingerprint density at radius 1 is 0.914 bits per heavy atom. The molecule has 192 valence electrons. The van der Waals surface area contributed by atoms with Crippen LogP contribution in [0.15, 0.2) is 53.4 Å². The Labute approximate surface area is 215 Å². The van der Waals surface area contributed by atoms with Gasteiger partial charge in [0.2, 0.25) is 0 Å². The first-order chi connectivity index (χ1) is 17.0. The Balaban J connectivity index is 1.58. The Kier molecular flexibility index (Phi) is 11.3. The Bertz CT molecular complexity index is 881. The van der Waals surface area contributed by atoms with Crippen LogP contribution in [0.25, 0.3) is 0 Å². The quantitative estimate of drug-likeness (QED) is 0.171. The van der Waals surface area contributed by atoms with Crippen LogP contribution in [0.1, 0.15) is 58.4 Å². The molecule has 35 heavy (non-hydrogen) atoms. The summed E-state index contributed by atoms with van der Waals surface area (Å²) in [4.78, 5) is 16.5. The van der Waals surface area contributed by atoms with E-state index >= 15 is 0 Å². The molecule has 0 amide bonds. The number of carbonyl (C=O) groups is 1. The third-order valence-electron chi connectivity index (χ3n) is 6.23. The summed E-state index contributed by atoms with van der Waals surface area (Å²) in [5.41, 5.74) is 1.08. The molecule has 2 aromatic rings. The van der Waals surface area contributed by atoms with Gasteiger partial charge in [0.1, 0.15) is 22.9 Å². The van der Waals surface area contributed by atoms with Gasteiger partial charge >= 0.3 is 5.97 Å². The fourth-order valence-corrected chi connectivity index (χ4v) is 5.37. The van der Waals surface area contributed by atoms with E-state index in [-0.39, 0.29) is 5.97 Å². The third kappa shape index (κ3) is 9.08. The van der Waals surface area contributed by atoms with Crippen molar-refractivity contribution in [2.45, 2.75) is 68.9 Å². The van der Waals surface area contributed by atoms with E-state index in [9.17, 15) is 4.79 Å². The first kappa shape index (κ1) is 27.4. The highest BCUT2D eigenvalue weighted by atomic mass is 32.2. The minimum absolute atomic E-state index is 0.199. The lowest BCUT2D eigenvalue weighted by Gasteiger charge is -2.27. The van der Waals surface area contributed by atoms with Crippen molar-refractivity contribution in [2.75, 3.05) is 39.5 Å². The second-order valence-corrected chi connectivity index (χ2v) is 10.9. The molecule has 0 bridgehead atoms. The van der Waals surface area contributed by atoms with E-state index in [1.807, 2.05) is 50.2 Å². The Morgan fingerprint density at radius 2 is 1.54 bits per heavy atom. The SMILES string of the molecule is CCCCOc1ccc(SC(C)(Cc2ccc(OCCN3CCCCC3)cc2)C(=O)OCC)cc1. The topological polar surface area (TPSA) is 48.0 Å². The van der Waals surface area contributed by atoms with Gasteiger partial charge in [-0.2, -0.15) is 0 Å². The molecule has 1 atom stereocenters. The van der Waals surface area contributed by atoms with Gasteiger partial charge in [-0.3, -0.25) is 9.69 Å². The van der Waals surface area contributed by atoms with Crippen molar-refractivity contribution in [1.29, 1.82) is 0 Å². The molecule has 5 nitrogen and oxygen atoms in total. The number of benzene rings is 2. The van der Waals surface area contributed by atoms with Crippen molar-refractivity contribution in [2.24, 2.45) is 0 Å². The van der Waals surface area contributed by atoms with Crippen LogP contribution in [0, 0.1) is 0 Å². The minimum Gasteiger partial charge on any atom is -0.494 e. The van der Waals surface area contributed by atoms with Gasteiger partial charge in [-0.25, -0.2) is 0 Å². The second-order valence-electron chi connectivity index (χ2n) is 9.30. The van der Waals surface area contributed by atoms with Gasteiger partial charge in [0, 0.05) is 11.4 Å². The van der Waals surface area contributed by atoms with E-state index in [4.69, 9.17) is 14.2 Å². The molecule has 1 unspecified atom stereocenters. The average Bonchev–Trinajstić information content (AvgIpc) is 2.87. The van der Waals surface area contributed by atoms with Gasteiger partial charge in [0.15, 0.2) is 0 Å². The van der Waals surface area contributed by atoms with Gasteiger partial charge < -0.3 is 14.2 Å². The summed E-state index contributed by atoms with van der Waals surface area (Å²) in [5, 5.41) is 0. The highest BCUT2D eigenvalue weighted by molar-refractivity contribution is 8.01. The number of carbonyl (C=O) groups excluding carboxylic acids is 1. The van der Waals surface area contributed by atoms with E-state index in [1.54, 1.807) is 0 Å². The molecule has 0 saturated carbocycles. The second kappa shape index (κ2) is 14.4. The van der Waals surface area contributed by atoms with Gasteiger partial charge in [0.05, 0.1) is 13.2 Å². The fourth-order valence-electron chi connectivity index (χ4n) is 4.20. The summed E-state index contributed by atoms with van der Waals surface area (Å²) >= 11 is 1.54. The molecule has 1 heterocycles. The number of likely N-dealkylation sites (tertiary alicyclic amines) is 1. The summed E-state index contributed by atoms with van der Waals surface area (Å²) < 4.78 is 16.5. The Hall–Kier alpha value is -2.18. The Morgan fingerprint density at radius 3 is 2.17 bits per heavy atom.